The van der Waals surface area contributed by atoms with Crippen LogP contribution in [-0.4, -0.2) is 69.7 Å². The number of anilines is 1. The second kappa shape index (κ2) is 7.55. The summed E-state index contributed by atoms with van der Waals surface area (Å²) in [5.74, 6) is -1.10. The molecule has 0 unspecified atom stereocenters. The Bertz CT molecular complexity index is 593. The van der Waals surface area contributed by atoms with Crippen molar-refractivity contribution >= 4 is 17.6 Å². The molecule has 0 amide bonds. The Morgan fingerprint density at radius 2 is 1.83 bits per heavy atom. The number of carbonyl (C=O) groups excluding carboxylic acids is 1. The fourth-order valence-corrected chi connectivity index (χ4v) is 2.18. The highest BCUT2D eigenvalue weighted by atomic mass is 16.7. The van der Waals surface area contributed by atoms with E-state index in [1.54, 1.807) is 0 Å². The number of aliphatic hydroxyl groups is 4. The Balaban J connectivity index is 2.04. The minimum Gasteiger partial charge on any atom is -0.429 e. The first kappa shape index (κ1) is 18.1. The average Bonchev–Trinajstić information content (AvgIpc) is 2.55. The first-order valence-corrected chi connectivity index (χ1v) is 7.06. The molecule has 10 heteroatoms. The van der Waals surface area contributed by atoms with Crippen LogP contribution < -0.4 is 11.1 Å². The first-order valence-electron chi connectivity index (χ1n) is 7.06. The SMILES string of the molecule is N=C(N)Nc1ccc(C(=O)O[C@@H]2O[C@H](CO)[C@H](O)[C@H](O)[C@H]2O)cc1. The Morgan fingerprint density at radius 1 is 1.21 bits per heavy atom. The molecule has 0 bridgehead atoms. The van der Waals surface area contributed by atoms with Gasteiger partial charge >= 0.3 is 5.97 Å². The molecule has 1 aromatic rings. The molecule has 0 aliphatic carbocycles. The van der Waals surface area contributed by atoms with Crippen LogP contribution in [-0.2, 0) is 9.47 Å². The minimum absolute atomic E-state index is 0.126. The topological polar surface area (TPSA) is 178 Å². The van der Waals surface area contributed by atoms with Crippen LogP contribution >= 0.6 is 0 Å². The molecule has 1 heterocycles. The van der Waals surface area contributed by atoms with Gasteiger partial charge in [-0.25, -0.2) is 4.79 Å². The molecule has 1 aliphatic rings. The lowest BCUT2D eigenvalue weighted by Gasteiger charge is -2.39. The fraction of sp³-hybridized carbons (Fsp3) is 0.429. The van der Waals surface area contributed by atoms with Gasteiger partial charge in [-0.1, -0.05) is 0 Å². The highest BCUT2D eigenvalue weighted by Crippen LogP contribution is 2.23. The molecule has 1 saturated heterocycles. The molecule has 1 fully saturated rings. The molecule has 1 aromatic carbocycles. The number of esters is 1. The predicted octanol–water partition coefficient (Wildman–Crippen LogP) is -2.05. The molecule has 24 heavy (non-hydrogen) atoms. The van der Waals surface area contributed by atoms with Gasteiger partial charge in [0.2, 0.25) is 6.29 Å². The minimum atomic E-state index is -1.66. The molecular formula is C14H19N3O7. The third kappa shape index (κ3) is 3.99. The molecule has 5 atom stereocenters. The summed E-state index contributed by atoms with van der Waals surface area (Å²) in [6, 6.07) is 5.78. The fourth-order valence-electron chi connectivity index (χ4n) is 2.18. The van der Waals surface area contributed by atoms with Gasteiger partial charge < -0.3 is 41.0 Å². The number of benzene rings is 1. The van der Waals surface area contributed by atoms with Gasteiger partial charge in [-0.05, 0) is 24.3 Å². The average molecular weight is 341 g/mol. The molecule has 2 rings (SSSR count). The zero-order valence-corrected chi connectivity index (χ0v) is 12.5. The highest BCUT2D eigenvalue weighted by molar-refractivity contribution is 5.92. The first-order chi connectivity index (χ1) is 11.3. The van der Waals surface area contributed by atoms with E-state index in [2.05, 4.69) is 5.32 Å². The van der Waals surface area contributed by atoms with Crippen LogP contribution in [0.3, 0.4) is 0 Å². The third-order valence-electron chi connectivity index (χ3n) is 3.47. The summed E-state index contributed by atoms with van der Waals surface area (Å²) >= 11 is 0. The summed E-state index contributed by atoms with van der Waals surface area (Å²) in [7, 11) is 0. The summed E-state index contributed by atoms with van der Waals surface area (Å²) in [5, 5.41) is 47.9. The molecule has 132 valence electrons. The number of ether oxygens (including phenoxy) is 2. The van der Waals surface area contributed by atoms with Crippen LogP contribution in [0.2, 0.25) is 0 Å². The van der Waals surface area contributed by atoms with Gasteiger partial charge in [-0.3, -0.25) is 5.41 Å². The molecule has 8 N–H and O–H groups in total. The summed E-state index contributed by atoms with van der Waals surface area (Å²) in [5.41, 5.74) is 5.80. The number of hydrogen-bond donors (Lipinski definition) is 7. The van der Waals surface area contributed by atoms with Crippen LogP contribution in [0.4, 0.5) is 5.69 Å². The number of carbonyl (C=O) groups is 1. The second-order valence-corrected chi connectivity index (χ2v) is 5.22. The van der Waals surface area contributed by atoms with Crippen molar-refractivity contribution in [2.24, 2.45) is 5.73 Å². The standard InChI is InChI=1S/C14H19N3O7/c15-14(16)17-7-3-1-6(2-4-7)12(22)24-13-11(21)10(20)9(19)8(5-18)23-13/h1-4,8-11,13,18-21H,5H2,(H4,15,16,17)/t8-,9+,10+,11-,13+/m1/s1. The maximum Gasteiger partial charge on any atom is 0.340 e. The lowest BCUT2D eigenvalue weighted by Crippen LogP contribution is -2.59. The number of aliphatic hydroxyl groups excluding tert-OH is 4. The van der Waals surface area contributed by atoms with Crippen molar-refractivity contribution in [1.29, 1.82) is 5.41 Å². The number of guanidine groups is 1. The van der Waals surface area contributed by atoms with Gasteiger partial charge in [-0.15, -0.1) is 0 Å². The number of nitrogens with two attached hydrogens (primary N) is 1. The van der Waals surface area contributed by atoms with Gasteiger partial charge in [0.1, 0.15) is 24.4 Å². The summed E-state index contributed by atoms with van der Waals surface area (Å²) in [4.78, 5) is 12.1. The van der Waals surface area contributed by atoms with E-state index in [0.717, 1.165) is 0 Å². The Kier molecular flexibility index (Phi) is 5.70. The Hall–Kier alpha value is -2.24. The lowest BCUT2D eigenvalue weighted by molar-refractivity contribution is -0.285. The van der Waals surface area contributed by atoms with Crippen molar-refractivity contribution < 1.29 is 34.7 Å². The Morgan fingerprint density at radius 3 is 2.38 bits per heavy atom. The molecule has 1 aliphatic heterocycles. The van der Waals surface area contributed by atoms with E-state index in [1.807, 2.05) is 0 Å². The lowest BCUT2D eigenvalue weighted by atomic mass is 9.99. The van der Waals surface area contributed by atoms with E-state index in [9.17, 15) is 20.1 Å². The number of nitrogens with one attached hydrogen (secondary N) is 2. The van der Waals surface area contributed by atoms with E-state index in [0.29, 0.717) is 5.69 Å². The third-order valence-corrected chi connectivity index (χ3v) is 3.47. The van der Waals surface area contributed by atoms with Crippen LogP contribution in [0.25, 0.3) is 0 Å². The van der Waals surface area contributed by atoms with E-state index < -0.39 is 43.3 Å². The quantitative estimate of drug-likeness (QED) is 0.184. The smallest absolute Gasteiger partial charge is 0.340 e. The largest absolute Gasteiger partial charge is 0.429 e. The molecule has 0 aromatic heterocycles. The number of hydrogen-bond acceptors (Lipinski definition) is 8. The summed E-state index contributed by atoms with van der Waals surface area (Å²) in [6.45, 7) is -0.621. The van der Waals surface area contributed by atoms with Crippen molar-refractivity contribution in [1.82, 2.24) is 0 Å². The predicted molar refractivity (Wildman–Crippen MR) is 81.2 cm³/mol. The van der Waals surface area contributed by atoms with Crippen LogP contribution in [0.5, 0.6) is 0 Å². The van der Waals surface area contributed by atoms with Gasteiger partial charge in [0, 0.05) is 5.69 Å². The van der Waals surface area contributed by atoms with Crippen molar-refractivity contribution in [3.8, 4) is 0 Å². The summed E-state index contributed by atoms with van der Waals surface area (Å²) < 4.78 is 10.1. The number of rotatable bonds is 4. The molecule has 0 saturated carbocycles. The van der Waals surface area contributed by atoms with Crippen LogP contribution in [0.1, 0.15) is 10.4 Å². The molecule has 10 nitrogen and oxygen atoms in total. The van der Waals surface area contributed by atoms with Crippen LogP contribution in [0.15, 0.2) is 24.3 Å². The zero-order valence-electron chi connectivity index (χ0n) is 12.5. The van der Waals surface area contributed by atoms with Gasteiger partial charge in [0.15, 0.2) is 5.96 Å². The van der Waals surface area contributed by atoms with Crippen molar-refractivity contribution in [3.05, 3.63) is 29.8 Å². The van der Waals surface area contributed by atoms with Crippen molar-refractivity contribution in [2.45, 2.75) is 30.7 Å². The Labute approximate surface area is 136 Å². The van der Waals surface area contributed by atoms with Gasteiger partial charge in [0.25, 0.3) is 0 Å². The van der Waals surface area contributed by atoms with E-state index in [-0.39, 0.29) is 11.5 Å². The monoisotopic (exact) mass is 341 g/mol. The van der Waals surface area contributed by atoms with Gasteiger partial charge in [0.05, 0.1) is 12.2 Å². The molecule has 0 spiro atoms. The summed E-state index contributed by atoms with van der Waals surface area (Å²) in [6.07, 6.45) is -7.52. The molecular weight excluding hydrogens is 322 g/mol. The highest BCUT2D eigenvalue weighted by Gasteiger charge is 2.45. The van der Waals surface area contributed by atoms with E-state index >= 15 is 0 Å². The normalized spacial score (nSPS) is 29.8. The second-order valence-electron chi connectivity index (χ2n) is 5.22. The van der Waals surface area contributed by atoms with Gasteiger partial charge in [-0.2, -0.15) is 0 Å². The van der Waals surface area contributed by atoms with Crippen LogP contribution in [0, 0.1) is 5.41 Å². The maximum atomic E-state index is 12.1. The van der Waals surface area contributed by atoms with Crippen molar-refractivity contribution in [2.75, 3.05) is 11.9 Å². The zero-order chi connectivity index (χ0) is 17.9. The van der Waals surface area contributed by atoms with E-state index in [4.69, 9.17) is 25.7 Å². The van der Waals surface area contributed by atoms with E-state index in [1.165, 1.54) is 24.3 Å². The van der Waals surface area contributed by atoms with Crippen molar-refractivity contribution in [3.63, 3.8) is 0 Å². The molecule has 0 radical (unpaired) electrons. The maximum absolute atomic E-state index is 12.1.